The van der Waals surface area contributed by atoms with Gasteiger partial charge in [0, 0.05) is 25.7 Å². The zero-order valence-corrected chi connectivity index (χ0v) is 11.9. The minimum Gasteiger partial charge on any atom is -0.364 e. The second-order valence-corrected chi connectivity index (χ2v) is 4.58. The SMILES string of the molecule is CCOC(C(=O)N1CCC(N)C1)c1ccccc1.Cl. The molecule has 2 unspecified atom stereocenters. The first kappa shape index (κ1) is 16.0. The molecule has 1 fully saturated rings. The van der Waals surface area contributed by atoms with Crippen molar-refractivity contribution in [2.75, 3.05) is 19.7 Å². The van der Waals surface area contributed by atoms with Crippen LogP contribution in [0.15, 0.2) is 30.3 Å². The molecule has 1 amide bonds. The Morgan fingerprint density at radius 1 is 1.47 bits per heavy atom. The summed E-state index contributed by atoms with van der Waals surface area (Å²) in [5, 5.41) is 0. The molecular formula is C14H21ClN2O2. The Bertz CT molecular complexity index is 400. The summed E-state index contributed by atoms with van der Waals surface area (Å²) in [5.41, 5.74) is 6.75. The maximum Gasteiger partial charge on any atom is 0.256 e. The number of hydrogen-bond donors (Lipinski definition) is 1. The van der Waals surface area contributed by atoms with Gasteiger partial charge < -0.3 is 15.4 Å². The lowest BCUT2D eigenvalue weighted by Crippen LogP contribution is -2.36. The first-order chi connectivity index (χ1) is 8.72. The van der Waals surface area contributed by atoms with Crippen molar-refractivity contribution in [3.8, 4) is 0 Å². The fraction of sp³-hybridized carbons (Fsp3) is 0.500. The number of halogens is 1. The van der Waals surface area contributed by atoms with Crippen LogP contribution in [0, 0.1) is 0 Å². The molecule has 5 heteroatoms. The number of benzene rings is 1. The fourth-order valence-corrected chi connectivity index (χ4v) is 2.26. The smallest absolute Gasteiger partial charge is 0.256 e. The van der Waals surface area contributed by atoms with Crippen LogP contribution in [0.1, 0.15) is 25.0 Å². The van der Waals surface area contributed by atoms with Gasteiger partial charge in [0.05, 0.1) is 0 Å². The first-order valence-electron chi connectivity index (χ1n) is 6.43. The van der Waals surface area contributed by atoms with Gasteiger partial charge >= 0.3 is 0 Å². The van der Waals surface area contributed by atoms with E-state index in [2.05, 4.69) is 0 Å². The summed E-state index contributed by atoms with van der Waals surface area (Å²) < 4.78 is 5.61. The second-order valence-electron chi connectivity index (χ2n) is 4.58. The molecule has 0 spiro atoms. The molecule has 106 valence electrons. The zero-order chi connectivity index (χ0) is 13.0. The molecule has 1 aliphatic rings. The van der Waals surface area contributed by atoms with Gasteiger partial charge in [-0.1, -0.05) is 30.3 Å². The number of nitrogens with two attached hydrogens (primary N) is 1. The minimum absolute atomic E-state index is 0. The molecule has 0 aliphatic carbocycles. The highest BCUT2D eigenvalue weighted by Crippen LogP contribution is 2.22. The van der Waals surface area contributed by atoms with Gasteiger partial charge in [-0.25, -0.2) is 0 Å². The third-order valence-corrected chi connectivity index (χ3v) is 3.20. The minimum atomic E-state index is -0.499. The third-order valence-electron chi connectivity index (χ3n) is 3.20. The molecule has 2 atom stereocenters. The van der Waals surface area contributed by atoms with Crippen LogP contribution >= 0.6 is 12.4 Å². The Kier molecular flexibility index (Phi) is 6.28. The molecule has 2 rings (SSSR count). The lowest BCUT2D eigenvalue weighted by Gasteiger charge is -2.23. The van der Waals surface area contributed by atoms with E-state index in [0.29, 0.717) is 13.2 Å². The summed E-state index contributed by atoms with van der Waals surface area (Å²) in [5.74, 6) is 0.0241. The van der Waals surface area contributed by atoms with Crippen LogP contribution in [0.2, 0.25) is 0 Å². The highest BCUT2D eigenvalue weighted by atomic mass is 35.5. The highest BCUT2D eigenvalue weighted by Gasteiger charge is 2.30. The average molecular weight is 285 g/mol. The Morgan fingerprint density at radius 2 is 2.16 bits per heavy atom. The van der Waals surface area contributed by atoms with Crippen molar-refractivity contribution in [2.24, 2.45) is 5.73 Å². The van der Waals surface area contributed by atoms with Gasteiger partial charge in [0.15, 0.2) is 6.10 Å². The number of likely N-dealkylation sites (tertiary alicyclic amines) is 1. The van der Waals surface area contributed by atoms with E-state index < -0.39 is 6.10 Å². The van der Waals surface area contributed by atoms with Gasteiger partial charge in [0.2, 0.25) is 0 Å². The van der Waals surface area contributed by atoms with Crippen LogP contribution in [0.3, 0.4) is 0 Å². The lowest BCUT2D eigenvalue weighted by molar-refractivity contribution is -0.142. The molecule has 0 saturated carbocycles. The summed E-state index contributed by atoms with van der Waals surface area (Å²) in [6, 6.07) is 9.73. The number of nitrogens with zero attached hydrogens (tertiary/aromatic N) is 1. The van der Waals surface area contributed by atoms with Crippen molar-refractivity contribution in [3.05, 3.63) is 35.9 Å². The Morgan fingerprint density at radius 3 is 2.68 bits per heavy atom. The van der Waals surface area contributed by atoms with Crippen molar-refractivity contribution in [1.82, 2.24) is 4.90 Å². The van der Waals surface area contributed by atoms with Gasteiger partial charge in [-0.3, -0.25) is 4.79 Å². The molecule has 4 nitrogen and oxygen atoms in total. The van der Waals surface area contributed by atoms with E-state index >= 15 is 0 Å². The van der Waals surface area contributed by atoms with E-state index in [9.17, 15) is 4.79 Å². The normalized spacial score (nSPS) is 19.9. The van der Waals surface area contributed by atoms with Crippen LogP contribution < -0.4 is 5.73 Å². The first-order valence-corrected chi connectivity index (χ1v) is 6.43. The molecule has 2 N–H and O–H groups in total. The Hall–Kier alpha value is -1.10. The van der Waals surface area contributed by atoms with E-state index in [1.807, 2.05) is 37.3 Å². The molecule has 1 aromatic carbocycles. The van der Waals surface area contributed by atoms with Gasteiger partial charge in [0.1, 0.15) is 0 Å². The van der Waals surface area contributed by atoms with E-state index in [1.165, 1.54) is 0 Å². The lowest BCUT2D eigenvalue weighted by atomic mass is 10.1. The monoisotopic (exact) mass is 284 g/mol. The number of hydrogen-bond acceptors (Lipinski definition) is 3. The largest absolute Gasteiger partial charge is 0.364 e. The summed E-state index contributed by atoms with van der Waals surface area (Å²) >= 11 is 0. The predicted octanol–water partition coefficient (Wildman–Crippen LogP) is 1.75. The molecule has 0 radical (unpaired) electrons. The maximum atomic E-state index is 12.4. The quantitative estimate of drug-likeness (QED) is 0.916. The van der Waals surface area contributed by atoms with E-state index in [0.717, 1.165) is 18.5 Å². The van der Waals surface area contributed by atoms with Crippen molar-refractivity contribution in [1.29, 1.82) is 0 Å². The summed E-state index contributed by atoms with van der Waals surface area (Å²) in [6.45, 7) is 3.79. The van der Waals surface area contributed by atoms with Gasteiger partial charge in [-0.05, 0) is 18.9 Å². The summed E-state index contributed by atoms with van der Waals surface area (Å²) in [7, 11) is 0. The average Bonchev–Trinajstić information content (AvgIpc) is 2.83. The van der Waals surface area contributed by atoms with Crippen LogP contribution in [0.5, 0.6) is 0 Å². The second kappa shape index (κ2) is 7.48. The number of amides is 1. The molecule has 0 aromatic heterocycles. The molecule has 1 aromatic rings. The molecule has 1 heterocycles. The van der Waals surface area contributed by atoms with Crippen molar-refractivity contribution >= 4 is 18.3 Å². The van der Waals surface area contributed by atoms with Crippen LogP contribution in [-0.2, 0) is 9.53 Å². The maximum absolute atomic E-state index is 12.4. The number of rotatable bonds is 4. The van der Waals surface area contributed by atoms with Gasteiger partial charge in [-0.2, -0.15) is 0 Å². The van der Waals surface area contributed by atoms with E-state index in [-0.39, 0.29) is 24.4 Å². The van der Waals surface area contributed by atoms with Crippen molar-refractivity contribution in [2.45, 2.75) is 25.5 Å². The summed E-state index contributed by atoms with van der Waals surface area (Å²) in [6.07, 6.45) is 0.376. The van der Waals surface area contributed by atoms with Crippen molar-refractivity contribution in [3.63, 3.8) is 0 Å². The number of carbonyl (C=O) groups is 1. The van der Waals surface area contributed by atoms with Crippen LogP contribution in [0.4, 0.5) is 0 Å². The Balaban J connectivity index is 0.00000180. The van der Waals surface area contributed by atoms with Gasteiger partial charge in [-0.15, -0.1) is 12.4 Å². The predicted molar refractivity (Wildman–Crippen MR) is 77.2 cm³/mol. The molecule has 1 aliphatic heterocycles. The zero-order valence-electron chi connectivity index (χ0n) is 11.1. The fourth-order valence-electron chi connectivity index (χ4n) is 2.26. The molecule has 0 bridgehead atoms. The molecule has 1 saturated heterocycles. The number of carbonyl (C=O) groups excluding carboxylic acids is 1. The van der Waals surface area contributed by atoms with Crippen molar-refractivity contribution < 1.29 is 9.53 Å². The number of ether oxygens (including phenoxy) is 1. The Labute approximate surface area is 120 Å². The summed E-state index contributed by atoms with van der Waals surface area (Å²) in [4.78, 5) is 14.2. The van der Waals surface area contributed by atoms with Crippen LogP contribution in [0.25, 0.3) is 0 Å². The standard InChI is InChI=1S/C14H20N2O2.ClH/c1-2-18-13(11-6-4-3-5-7-11)14(17)16-9-8-12(15)10-16;/h3-7,12-13H,2,8-10,15H2,1H3;1H. The van der Waals surface area contributed by atoms with Gasteiger partial charge in [0.25, 0.3) is 5.91 Å². The third kappa shape index (κ3) is 3.93. The van der Waals surface area contributed by atoms with E-state index in [4.69, 9.17) is 10.5 Å². The highest BCUT2D eigenvalue weighted by molar-refractivity contribution is 5.85. The molecular weight excluding hydrogens is 264 g/mol. The van der Waals surface area contributed by atoms with Crippen LogP contribution in [-0.4, -0.2) is 36.5 Å². The molecule has 19 heavy (non-hydrogen) atoms. The topological polar surface area (TPSA) is 55.6 Å². The van der Waals surface area contributed by atoms with E-state index in [1.54, 1.807) is 4.90 Å².